The van der Waals surface area contributed by atoms with Crippen molar-refractivity contribution in [3.05, 3.63) is 58.8 Å². The molecule has 0 spiro atoms. The van der Waals surface area contributed by atoms with Crippen LogP contribution in [0.2, 0.25) is 0 Å². The lowest BCUT2D eigenvalue weighted by Gasteiger charge is -2.06. The fourth-order valence-corrected chi connectivity index (χ4v) is 2.05. The topological polar surface area (TPSA) is 62.7 Å². The monoisotopic (exact) mass is 254 g/mol. The molecular weight excluding hydrogens is 240 g/mol. The first kappa shape index (κ1) is 11.5. The van der Waals surface area contributed by atoms with Crippen LogP contribution in [0.4, 0.5) is 5.69 Å². The number of aromatic amines is 1. The van der Waals surface area contributed by atoms with E-state index in [1.54, 1.807) is 36.1 Å². The van der Waals surface area contributed by atoms with Crippen LogP contribution in [0.3, 0.4) is 0 Å². The summed E-state index contributed by atoms with van der Waals surface area (Å²) in [6.07, 6.45) is 5.51. The largest absolute Gasteiger partial charge is 0.380 e. The van der Waals surface area contributed by atoms with Gasteiger partial charge in [-0.15, -0.1) is 0 Å². The summed E-state index contributed by atoms with van der Waals surface area (Å²) in [6, 6.07) is 7.30. The van der Waals surface area contributed by atoms with Crippen molar-refractivity contribution in [2.45, 2.75) is 6.54 Å². The molecule has 96 valence electrons. The van der Waals surface area contributed by atoms with Gasteiger partial charge in [-0.2, -0.15) is 0 Å². The molecule has 2 N–H and O–H groups in total. The van der Waals surface area contributed by atoms with Crippen molar-refractivity contribution >= 4 is 16.7 Å². The molecule has 0 atom stereocenters. The predicted molar refractivity (Wildman–Crippen MR) is 75.1 cm³/mol. The molecule has 0 bridgehead atoms. The third kappa shape index (κ3) is 2.22. The summed E-state index contributed by atoms with van der Waals surface area (Å²) in [6.45, 7) is 0.684. The zero-order valence-electron chi connectivity index (χ0n) is 10.6. The second-order valence-corrected chi connectivity index (χ2v) is 4.43. The van der Waals surface area contributed by atoms with Crippen molar-refractivity contribution in [1.29, 1.82) is 0 Å². The molecule has 0 saturated heterocycles. The molecule has 3 aromatic rings. The lowest BCUT2D eigenvalue weighted by Crippen LogP contribution is -2.15. The van der Waals surface area contributed by atoms with Crippen molar-refractivity contribution in [2.75, 3.05) is 5.32 Å². The second-order valence-electron chi connectivity index (χ2n) is 4.43. The van der Waals surface area contributed by atoms with Gasteiger partial charge in [-0.3, -0.25) is 4.79 Å². The van der Waals surface area contributed by atoms with Crippen LogP contribution in [0.25, 0.3) is 11.0 Å². The highest BCUT2D eigenvalue weighted by atomic mass is 16.1. The van der Waals surface area contributed by atoms with E-state index >= 15 is 0 Å². The number of nitrogens with zero attached hydrogens (tertiary/aromatic N) is 2. The Morgan fingerprint density at radius 3 is 3.11 bits per heavy atom. The average Bonchev–Trinajstić information content (AvgIpc) is 2.83. The van der Waals surface area contributed by atoms with E-state index in [0.717, 1.165) is 22.3 Å². The predicted octanol–water partition coefficient (Wildman–Crippen LogP) is 1.87. The van der Waals surface area contributed by atoms with E-state index < -0.39 is 0 Å². The van der Waals surface area contributed by atoms with Crippen LogP contribution in [-0.4, -0.2) is 14.5 Å². The molecular formula is C14H14N4O. The fraction of sp³-hybridized carbons (Fsp3) is 0.143. The minimum atomic E-state index is -0.0122. The van der Waals surface area contributed by atoms with Gasteiger partial charge >= 0.3 is 0 Å². The molecule has 0 unspecified atom stereocenters. The lowest BCUT2D eigenvalue weighted by atomic mass is 10.2. The maximum atomic E-state index is 11.3. The third-order valence-corrected chi connectivity index (χ3v) is 3.11. The van der Waals surface area contributed by atoms with Gasteiger partial charge in [0.15, 0.2) is 0 Å². The summed E-state index contributed by atoms with van der Waals surface area (Å²) >= 11 is 0. The van der Waals surface area contributed by atoms with Crippen LogP contribution in [0, 0.1) is 0 Å². The molecule has 0 radical (unpaired) electrons. The highest BCUT2D eigenvalue weighted by Crippen LogP contribution is 2.16. The van der Waals surface area contributed by atoms with Gasteiger partial charge in [0.25, 0.3) is 0 Å². The van der Waals surface area contributed by atoms with Gasteiger partial charge in [0, 0.05) is 43.6 Å². The molecule has 19 heavy (non-hydrogen) atoms. The van der Waals surface area contributed by atoms with Gasteiger partial charge in [0.05, 0.1) is 5.69 Å². The van der Waals surface area contributed by atoms with Crippen molar-refractivity contribution in [3.8, 4) is 0 Å². The van der Waals surface area contributed by atoms with Crippen molar-refractivity contribution in [1.82, 2.24) is 14.5 Å². The van der Waals surface area contributed by atoms with E-state index in [-0.39, 0.29) is 5.56 Å². The van der Waals surface area contributed by atoms with E-state index in [4.69, 9.17) is 0 Å². The summed E-state index contributed by atoms with van der Waals surface area (Å²) in [7, 11) is 1.74. The first-order chi connectivity index (χ1) is 9.24. The van der Waals surface area contributed by atoms with E-state index in [1.165, 1.54) is 0 Å². The normalized spacial score (nSPS) is 10.8. The number of hydrogen-bond acceptors (Lipinski definition) is 3. The Bertz CT molecular complexity index is 772. The van der Waals surface area contributed by atoms with Crippen LogP contribution in [0.5, 0.6) is 0 Å². The number of anilines is 1. The Morgan fingerprint density at radius 2 is 2.26 bits per heavy atom. The van der Waals surface area contributed by atoms with E-state index in [0.29, 0.717) is 6.54 Å². The van der Waals surface area contributed by atoms with Gasteiger partial charge in [0.2, 0.25) is 5.56 Å². The Balaban J connectivity index is 1.82. The van der Waals surface area contributed by atoms with Crippen LogP contribution in [-0.2, 0) is 13.6 Å². The van der Waals surface area contributed by atoms with Crippen LogP contribution < -0.4 is 10.9 Å². The summed E-state index contributed by atoms with van der Waals surface area (Å²) in [4.78, 5) is 18.7. The summed E-state index contributed by atoms with van der Waals surface area (Å²) in [5, 5.41) is 4.41. The first-order valence-corrected chi connectivity index (χ1v) is 6.05. The smallest absolute Gasteiger partial charge is 0.250 e. The quantitative estimate of drug-likeness (QED) is 0.750. The Hall–Kier alpha value is -2.56. The summed E-state index contributed by atoms with van der Waals surface area (Å²) in [5.74, 6) is 0. The minimum Gasteiger partial charge on any atom is -0.380 e. The molecule has 3 rings (SSSR count). The van der Waals surface area contributed by atoms with Gasteiger partial charge in [0.1, 0.15) is 5.65 Å². The maximum Gasteiger partial charge on any atom is 0.250 e. The van der Waals surface area contributed by atoms with Gasteiger partial charge < -0.3 is 14.9 Å². The SMILES string of the molecule is Cn1cc(NCc2c[nH]c3ncccc23)ccc1=O. The standard InChI is InChI=1S/C14H14N4O/c1-18-9-11(4-5-13(18)19)16-7-10-8-17-14-12(10)3-2-6-15-14/h2-6,8-9,16H,7H2,1H3,(H,15,17). The molecule has 3 heterocycles. The molecule has 0 amide bonds. The molecule has 3 aromatic heterocycles. The summed E-state index contributed by atoms with van der Waals surface area (Å²) in [5.41, 5.74) is 2.94. The van der Waals surface area contributed by atoms with Crippen molar-refractivity contribution in [2.24, 2.45) is 7.05 Å². The molecule has 0 saturated carbocycles. The minimum absolute atomic E-state index is 0.0122. The fourth-order valence-electron chi connectivity index (χ4n) is 2.05. The Labute approximate surface area is 109 Å². The number of fused-ring (bicyclic) bond motifs is 1. The number of aryl methyl sites for hydroxylation is 1. The zero-order chi connectivity index (χ0) is 13.2. The number of rotatable bonds is 3. The van der Waals surface area contributed by atoms with E-state index in [2.05, 4.69) is 15.3 Å². The van der Waals surface area contributed by atoms with E-state index in [1.807, 2.05) is 18.3 Å². The van der Waals surface area contributed by atoms with Gasteiger partial charge in [-0.25, -0.2) is 4.98 Å². The number of aromatic nitrogens is 3. The van der Waals surface area contributed by atoms with Crippen molar-refractivity contribution < 1.29 is 0 Å². The number of H-pyrrole nitrogens is 1. The average molecular weight is 254 g/mol. The highest BCUT2D eigenvalue weighted by molar-refractivity contribution is 5.79. The first-order valence-electron chi connectivity index (χ1n) is 6.05. The lowest BCUT2D eigenvalue weighted by molar-refractivity contribution is 0.859. The molecule has 5 heteroatoms. The number of pyridine rings is 2. The van der Waals surface area contributed by atoms with Crippen LogP contribution >= 0.6 is 0 Å². The third-order valence-electron chi connectivity index (χ3n) is 3.11. The van der Waals surface area contributed by atoms with E-state index in [9.17, 15) is 4.79 Å². The van der Waals surface area contributed by atoms with Gasteiger partial charge in [-0.1, -0.05) is 0 Å². The Morgan fingerprint density at radius 1 is 1.37 bits per heavy atom. The molecule has 0 aliphatic rings. The summed E-state index contributed by atoms with van der Waals surface area (Å²) < 4.78 is 1.55. The maximum absolute atomic E-state index is 11.3. The van der Waals surface area contributed by atoms with Gasteiger partial charge in [-0.05, 0) is 23.8 Å². The number of nitrogens with one attached hydrogen (secondary N) is 2. The van der Waals surface area contributed by atoms with Crippen molar-refractivity contribution in [3.63, 3.8) is 0 Å². The molecule has 0 aromatic carbocycles. The van der Waals surface area contributed by atoms with Crippen LogP contribution in [0.1, 0.15) is 5.56 Å². The van der Waals surface area contributed by atoms with Crippen LogP contribution in [0.15, 0.2) is 47.7 Å². The second kappa shape index (κ2) is 4.61. The number of hydrogen-bond donors (Lipinski definition) is 2. The zero-order valence-corrected chi connectivity index (χ0v) is 10.6. The molecule has 0 fully saturated rings. The molecule has 0 aliphatic heterocycles. The molecule has 0 aliphatic carbocycles. The highest BCUT2D eigenvalue weighted by Gasteiger charge is 2.03. The molecule has 5 nitrogen and oxygen atoms in total. The Kier molecular flexibility index (Phi) is 2.79.